The van der Waals surface area contributed by atoms with E-state index in [-0.39, 0.29) is 0 Å². The van der Waals surface area contributed by atoms with E-state index in [1.165, 1.54) is 6.92 Å². The first-order valence-electron chi connectivity index (χ1n) is 4.39. The normalized spacial score (nSPS) is 30.2. The third kappa shape index (κ3) is 1.19. The van der Waals surface area contributed by atoms with Gasteiger partial charge in [-0.25, -0.2) is 0 Å². The second kappa shape index (κ2) is 3.62. The Kier molecular flexibility index (Phi) is 2.72. The van der Waals surface area contributed by atoms with Gasteiger partial charge in [-0.2, -0.15) is 15.8 Å². The van der Waals surface area contributed by atoms with Crippen molar-refractivity contribution in [3.05, 3.63) is 21.4 Å². The van der Waals surface area contributed by atoms with Crippen LogP contribution in [0.1, 0.15) is 6.92 Å². The maximum atomic E-state index is 11.0. The third-order valence-corrected chi connectivity index (χ3v) is 3.66. The van der Waals surface area contributed by atoms with Gasteiger partial charge in [0.2, 0.25) is 0 Å². The molecule has 0 amide bonds. The number of nitrogens with two attached hydrogens (primary N) is 1. The minimum absolute atomic E-state index is 0.443. The molecule has 0 fully saturated rings. The Bertz CT molecular complexity index is 535. The van der Waals surface area contributed by atoms with Crippen LogP contribution >= 0.6 is 11.6 Å². The van der Waals surface area contributed by atoms with E-state index in [2.05, 4.69) is 0 Å². The quantitative estimate of drug-likeness (QED) is 0.313. The van der Waals surface area contributed by atoms with E-state index in [0.29, 0.717) is 0 Å². The highest BCUT2D eigenvalue weighted by Crippen LogP contribution is 2.53. The molecule has 0 saturated carbocycles. The molecule has 0 bridgehead atoms. The SMILES string of the molecule is C[C@H]1C(C#N)(C#N)C(C#N)=C(N)[C@@]1(Cl)[N+](=O)[O-]. The highest BCUT2D eigenvalue weighted by Gasteiger charge is 2.68. The number of halogens is 1. The van der Waals surface area contributed by atoms with Gasteiger partial charge in [0.15, 0.2) is 5.41 Å². The molecular formula is C9H6ClN5O2. The van der Waals surface area contributed by atoms with Crippen molar-refractivity contribution in [2.24, 2.45) is 17.1 Å². The molecule has 0 aromatic heterocycles. The van der Waals surface area contributed by atoms with E-state index in [9.17, 15) is 10.1 Å². The molecule has 17 heavy (non-hydrogen) atoms. The Balaban J connectivity index is 3.70. The fourth-order valence-electron chi connectivity index (χ4n) is 1.86. The summed E-state index contributed by atoms with van der Waals surface area (Å²) in [6.45, 7) is 1.25. The van der Waals surface area contributed by atoms with Gasteiger partial charge in [-0.3, -0.25) is 10.1 Å². The number of allylic oxidation sites excluding steroid dienone is 1. The monoisotopic (exact) mass is 251 g/mol. The van der Waals surface area contributed by atoms with Crippen LogP contribution in [0, 0.1) is 55.4 Å². The van der Waals surface area contributed by atoms with Gasteiger partial charge < -0.3 is 5.73 Å². The standard InChI is InChI=1S/C9H6ClN5O2/c1-5-8(3-12,4-13)6(2-11)7(14)9(5,10)15(16)17/h5H,14H2,1H3/t5-,9-/m0/s1. The molecule has 0 saturated heterocycles. The van der Waals surface area contributed by atoms with Gasteiger partial charge in [0.05, 0.1) is 29.7 Å². The molecule has 7 nitrogen and oxygen atoms in total. The van der Waals surface area contributed by atoms with Crippen molar-refractivity contribution in [3.63, 3.8) is 0 Å². The second-order valence-corrected chi connectivity index (χ2v) is 4.16. The van der Waals surface area contributed by atoms with E-state index in [0.717, 1.165) is 0 Å². The number of nitrogens with zero attached hydrogens (tertiary/aromatic N) is 4. The molecular weight excluding hydrogens is 246 g/mol. The summed E-state index contributed by atoms with van der Waals surface area (Å²) >= 11 is 5.79. The maximum absolute atomic E-state index is 11.0. The van der Waals surface area contributed by atoms with Crippen LogP contribution in [-0.2, 0) is 0 Å². The maximum Gasteiger partial charge on any atom is 0.340 e. The summed E-state index contributed by atoms with van der Waals surface area (Å²) in [5, 5.41) is 37.9. The van der Waals surface area contributed by atoms with E-state index >= 15 is 0 Å². The Morgan fingerprint density at radius 2 is 1.94 bits per heavy atom. The van der Waals surface area contributed by atoms with Crippen molar-refractivity contribution < 1.29 is 4.92 Å². The van der Waals surface area contributed by atoms with Crippen LogP contribution in [0.4, 0.5) is 0 Å². The molecule has 0 spiro atoms. The van der Waals surface area contributed by atoms with Gasteiger partial charge in [0, 0.05) is 4.92 Å². The first kappa shape index (κ1) is 12.8. The lowest BCUT2D eigenvalue weighted by Gasteiger charge is -2.23. The molecule has 1 aliphatic rings. The van der Waals surface area contributed by atoms with E-state index < -0.39 is 32.5 Å². The molecule has 1 aliphatic carbocycles. The van der Waals surface area contributed by atoms with Crippen molar-refractivity contribution in [1.29, 1.82) is 15.8 Å². The van der Waals surface area contributed by atoms with Gasteiger partial charge in [-0.05, 0) is 11.6 Å². The molecule has 0 aliphatic heterocycles. The fraction of sp³-hybridized carbons (Fsp3) is 0.444. The van der Waals surface area contributed by atoms with E-state index in [4.69, 9.17) is 33.1 Å². The number of nitriles is 3. The largest absolute Gasteiger partial charge is 0.394 e. The zero-order chi connectivity index (χ0) is 13.4. The van der Waals surface area contributed by atoms with Crippen LogP contribution in [0.5, 0.6) is 0 Å². The van der Waals surface area contributed by atoms with Crippen molar-refractivity contribution in [2.45, 2.75) is 11.9 Å². The highest BCUT2D eigenvalue weighted by molar-refractivity contribution is 6.25. The number of rotatable bonds is 1. The second-order valence-electron chi connectivity index (χ2n) is 3.58. The summed E-state index contributed by atoms with van der Waals surface area (Å²) < 4.78 is 0. The van der Waals surface area contributed by atoms with Crippen LogP contribution in [0.15, 0.2) is 11.3 Å². The lowest BCUT2D eigenvalue weighted by Crippen LogP contribution is -2.44. The lowest BCUT2D eigenvalue weighted by atomic mass is 9.76. The Morgan fingerprint density at radius 3 is 2.18 bits per heavy atom. The molecule has 0 aromatic rings. The summed E-state index contributed by atoms with van der Waals surface area (Å²) in [5.41, 5.74) is 2.51. The van der Waals surface area contributed by atoms with Crippen LogP contribution < -0.4 is 5.73 Å². The Morgan fingerprint density at radius 1 is 1.47 bits per heavy atom. The van der Waals surface area contributed by atoms with E-state index in [1.54, 1.807) is 18.2 Å². The molecule has 0 heterocycles. The summed E-state index contributed by atoms with van der Waals surface area (Å²) in [5.74, 6) is -1.23. The minimum atomic E-state index is -2.30. The molecule has 0 unspecified atom stereocenters. The molecule has 0 aromatic carbocycles. The highest BCUT2D eigenvalue weighted by atomic mass is 35.5. The van der Waals surface area contributed by atoms with Crippen molar-refractivity contribution >= 4 is 11.6 Å². The first-order chi connectivity index (χ1) is 7.82. The summed E-state index contributed by atoms with van der Waals surface area (Å²) in [6.07, 6.45) is 0. The predicted molar refractivity (Wildman–Crippen MR) is 55.2 cm³/mol. The summed E-state index contributed by atoms with van der Waals surface area (Å²) in [4.78, 5) is 7.77. The Labute approximate surface area is 101 Å². The van der Waals surface area contributed by atoms with Gasteiger partial charge in [0.25, 0.3) is 0 Å². The van der Waals surface area contributed by atoms with Crippen LogP contribution in [-0.4, -0.2) is 9.92 Å². The third-order valence-electron chi connectivity index (χ3n) is 2.99. The number of nitro groups is 1. The van der Waals surface area contributed by atoms with E-state index in [1.807, 2.05) is 0 Å². The molecule has 2 atom stereocenters. The summed E-state index contributed by atoms with van der Waals surface area (Å²) in [7, 11) is 0. The van der Waals surface area contributed by atoms with Crippen LogP contribution in [0.25, 0.3) is 0 Å². The van der Waals surface area contributed by atoms with Crippen LogP contribution in [0.2, 0.25) is 0 Å². The number of alkyl halides is 1. The molecule has 0 radical (unpaired) electrons. The van der Waals surface area contributed by atoms with Crippen molar-refractivity contribution in [3.8, 4) is 18.2 Å². The minimum Gasteiger partial charge on any atom is -0.394 e. The summed E-state index contributed by atoms with van der Waals surface area (Å²) in [6, 6.07) is 4.78. The molecule has 86 valence electrons. The van der Waals surface area contributed by atoms with Gasteiger partial charge in [0.1, 0.15) is 5.70 Å². The topological polar surface area (TPSA) is 141 Å². The molecule has 1 rings (SSSR count). The van der Waals surface area contributed by atoms with Gasteiger partial charge in [-0.15, -0.1) is 0 Å². The average molecular weight is 252 g/mol. The van der Waals surface area contributed by atoms with Crippen LogP contribution in [0.3, 0.4) is 0 Å². The predicted octanol–water partition coefficient (Wildman–Crippen LogP) is 0.618. The molecule has 2 N–H and O–H groups in total. The average Bonchev–Trinajstić information content (AvgIpc) is 2.48. The smallest absolute Gasteiger partial charge is 0.340 e. The molecule has 8 heteroatoms. The Hall–Kier alpha value is -2.30. The van der Waals surface area contributed by atoms with Crippen molar-refractivity contribution in [2.75, 3.05) is 0 Å². The van der Waals surface area contributed by atoms with Gasteiger partial charge >= 0.3 is 5.00 Å². The zero-order valence-electron chi connectivity index (χ0n) is 8.64. The van der Waals surface area contributed by atoms with Crippen molar-refractivity contribution in [1.82, 2.24) is 0 Å². The fourth-order valence-corrected chi connectivity index (χ4v) is 2.12. The number of hydrogen-bond acceptors (Lipinski definition) is 6. The van der Waals surface area contributed by atoms with Gasteiger partial charge in [-0.1, -0.05) is 6.92 Å². The number of hydrogen-bond donors (Lipinski definition) is 1. The zero-order valence-corrected chi connectivity index (χ0v) is 9.39. The lowest BCUT2D eigenvalue weighted by molar-refractivity contribution is -0.540. The first-order valence-corrected chi connectivity index (χ1v) is 4.77.